The lowest BCUT2D eigenvalue weighted by molar-refractivity contribution is -0.183. The molecule has 0 bridgehead atoms. The first-order chi connectivity index (χ1) is 9.76. The van der Waals surface area contributed by atoms with Gasteiger partial charge >= 0.3 is 6.18 Å². The van der Waals surface area contributed by atoms with E-state index in [1.165, 1.54) is 0 Å². The molecule has 0 saturated heterocycles. The van der Waals surface area contributed by atoms with Crippen LogP contribution in [0.25, 0.3) is 0 Å². The number of nitrogens with two attached hydrogens (primary N) is 1. The first kappa shape index (κ1) is 16.9. The molecule has 0 radical (unpaired) electrons. The molecule has 0 aromatic heterocycles. The highest BCUT2D eigenvalue weighted by Gasteiger charge is 2.45. The van der Waals surface area contributed by atoms with Crippen LogP contribution in [0.2, 0.25) is 5.02 Å². The predicted molar refractivity (Wildman–Crippen MR) is 82.6 cm³/mol. The van der Waals surface area contributed by atoms with Gasteiger partial charge in [0.15, 0.2) is 0 Å². The molecule has 1 aliphatic carbocycles. The number of hydrogen-bond donors (Lipinski definition) is 2. The minimum absolute atomic E-state index is 0.114. The molecule has 21 heavy (non-hydrogen) atoms. The second-order valence-electron chi connectivity index (χ2n) is 5.55. The molecule has 1 saturated carbocycles. The van der Waals surface area contributed by atoms with Crippen molar-refractivity contribution in [3.05, 3.63) is 27.7 Å². The fourth-order valence-electron chi connectivity index (χ4n) is 2.76. The van der Waals surface area contributed by atoms with Crippen molar-refractivity contribution < 1.29 is 13.2 Å². The Bertz CT molecular complexity index is 499. The highest BCUT2D eigenvalue weighted by molar-refractivity contribution is 9.10. The van der Waals surface area contributed by atoms with Gasteiger partial charge in [-0.15, -0.1) is 0 Å². The third-order valence-electron chi connectivity index (χ3n) is 4.13. The average Bonchev–Trinajstić information content (AvgIpc) is 2.42. The van der Waals surface area contributed by atoms with Gasteiger partial charge in [0.05, 0.1) is 10.9 Å². The van der Waals surface area contributed by atoms with Crippen LogP contribution >= 0.6 is 27.5 Å². The van der Waals surface area contributed by atoms with Gasteiger partial charge in [0.2, 0.25) is 0 Å². The normalized spacial score (nSPS) is 26.7. The number of alkyl halides is 3. The molecule has 0 amide bonds. The van der Waals surface area contributed by atoms with Crippen molar-refractivity contribution in [1.82, 2.24) is 0 Å². The second-order valence-corrected chi connectivity index (χ2v) is 6.82. The Hall–Kier alpha value is -0.460. The summed E-state index contributed by atoms with van der Waals surface area (Å²) in [5.74, 6) is -1.21. The van der Waals surface area contributed by atoms with E-state index in [0.717, 1.165) is 10.2 Å². The van der Waals surface area contributed by atoms with Crippen LogP contribution in [0.1, 0.15) is 25.7 Å². The maximum Gasteiger partial charge on any atom is 0.391 e. The van der Waals surface area contributed by atoms with Crippen molar-refractivity contribution in [3.8, 4) is 0 Å². The summed E-state index contributed by atoms with van der Waals surface area (Å²) in [6.45, 7) is 0.303. The molecule has 0 unspecified atom stereocenters. The summed E-state index contributed by atoms with van der Waals surface area (Å²) in [6, 6.07) is 5.36. The van der Waals surface area contributed by atoms with E-state index in [0.29, 0.717) is 24.4 Å². The summed E-state index contributed by atoms with van der Waals surface area (Å²) >= 11 is 9.27. The Kier molecular flexibility index (Phi) is 5.11. The minimum Gasteiger partial charge on any atom is -0.378 e. The fraction of sp³-hybridized carbons (Fsp3) is 0.571. The van der Waals surface area contributed by atoms with Crippen LogP contribution in [0, 0.1) is 5.92 Å². The van der Waals surface area contributed by atoms with Gasteiger partial charge in [-0.1, -0.05) is 11.6 Å². The summed E-state index contributed by atoms with van der Waals surface area (Å²) in [5, 5.41) is 3.89. The van der Waals surface area contributed by atoms with Crippen LogP contribution in [-0.4, -0.2) is 18.3 Å². The average molecular weight is 386 g/mol. The van der Waals surface area contributed by atoms with E-state index in [-0.39, 0.29) is 12.8 Å². The van der Waals surface area contributed by atoms with Crippen LogP contribution < -0.4 is 11.1 Å². The van der Waals surface area contributed by atoms with Gasteiger partial charge in [-0.3, -0.25) is 0 Å². The Morgan fingerprint density at radius 1 is 1.33 bits per heavy atom. The number of rotatable bonds is 3. The Balaban J connectivity index is 2.08. The van der Waals surface area contributed by atoms with E-state index in [4.69, 9.17) is 17.3 Å². The van der Waals surface area contributed by atoms with Gasteiger partial charge in [0.1, 0.15) is 0 Å². The standard InChI is InChI=1S/C14H17BrClF3N2/c15-11-7-10(1-2-12(11)16)21-13(8-20)5-3-9(4-6-13)14(17,18)19/h1-2,7,9,21H,3-6,8,20H2. The van der Waals surface area contributed by atoms with Gasteiger partial charge < -0.3 is 11.1 Å². The molecule has 0 aliphatic heterocycles. The summed E-state index contributed by atoms with van der Waals surface area (Å²) in [7, 11) is 0. The monoisotopic (exact) mass is 384 g/mol. The van der Waals surface area contributed by atoms with Crippen molar-refractivity contribution in [2.24, 2.45) is 11.7 Å². The zero-order valence-electron chi connectivity index (χ0n) is 11.3. The third-order valence-corrected chi connectivity index (χ3v) is 5.34. The Morgan fingerprint density at radius 3 is 2.43 bits per heavy atom. The smallest absolute Gasteiger partial charge is 0.378 e. The van der Waals surface area contributed by atoms with Crippen molar-refractivity contribution in [3.63, 3.8) is 0 Å². The molecule has 1 fully saturated rings. The summed E-state index contributed by atoms with van der Waals surface area (Å²) < 4.78 is 39.0. The molecule has 0 atom stereocenters. The van der Waals surface area contributed by atoms with Crippen LogP contribution in [0.4, 0.5) is 18.9 Å². The molecule has 1 aliphatic rings. The number of anilines is 1. The molecular weight excluding hydrogens is 369 g/mol. The lowest BCUT2D eigenvalue weighted by Crippen LogP contribution is -2.49. The topological polar surface area (TPSA) is 38.0 Å². The minimum atomic E-state index is -4.11. The number of benzene rings is 1. The van der Waals surface area contributed by atoms with E-state index < -0.39 is 17.6 Å². The molecule has 0 heterocycles. The van der Waals surface area contributed by atoms with Gasteiger partial charge in [-0.25, -0.2) is 0 Å². The Labute approximate surface area is 135 Å². The number of hydrogen-bond acceptors (Lipinski definition) is 2. The maximum absolute atomic E-state index is 12.7. The van der Waals surface area contributed by atoms with Crippen molar-refractivity contribution in [2.45, 2.75) is 37.4 Å². The molecular formula is C14H17BrClF3N2. The zero-order chi connectivity index (χ0) is 15.7. The fourth-order valence-corrected chi connectivity index (χ4v) is 3.25. The highest BCUT2D eigenvalue weighted by Crippen LogP contribution is 2.42. The lowest BCUT2D eigenvalue weighted by atomic mass is 9.76. The Morgan fingerprint density at radius 2 is 1.95 bits per heavy atom. The molecule has 2 rings (SSSR count). The lowest BCUT2D eigenvalue weighted by Gasteiger charge is -2.41. The molecule has 2 nitrogen and oxygen atoms in total. The molecule has 1 aromatic rings. The van der Waals surface area contributed by atoms with Crippen LogP contribution in [0.15, 0.2) is 22.7 Å². The first-order valence-corrected chi connectivity index (χ1v) is 7.93. The van der Waals surface area contributed by atoms with E-state index in [2.05, 4.69) is 21.2 Å². The summed E-state index contributed by atoms with van der Waals surface area (Å²) in [6.07, 6.45) is -3.06. The SMILES string of the molecule is NCC1(Nc2ccc(Cl)c(Br)c2)CCC(C(F)(F)F)CC1. The highest BCUT2D eigenvalue weighted by atomic mass is 79.9. The van der Waals surface area contributed by atoms with Crippen LogP contribution in [0.5, 0.6) is 0 Å². The predicted octanol–water partition coefficient (Wildman–Crippen LogP) is 4.96. The van der Waals surface area contributed by atoms with Gasteiger partial charge in [-0.05, 0) is 59.8 Å². The van der Waals surface area contributed by atoms with Crippen molar-refractivity contribution >= 4 is 33.2 Å². The summed E-state index contributed by atoms with van der Waals surface area (Å²) in [5.41, 5.74) is 6.16. The van der Waals surface area contributed by atoms with E-state index >= 15 is 0 Å². The number of nitrogens with one attached hydrogen (secondary N) is 1. The van der Waals surface area contributed by atoms with E-state index in [1.807, 2.05) is 6.07 Å². The van der Waals surface area contributed by atoms with Crippen molar-refractivity contribution in [2.75, 3.05) is 11.9 Å². The number of halogens is 5. The van der Waals surface area contributed by atoms with Crippen LogP contribution in [0.3, 0.4) is 0 Å². The maximum atomic E-state index is 12.7. The second kappa shape index (κ2) is 6.34. The van der Waals surface area contributed by atoms with Crippen LogP contribution in [-0.2, 0) is 0 Å². The van der Waals surface area contributed by atoms with Gasteiger partial charge in [0.25, 0.3) is 0 Å². The zero-order valence-corrected chi connectivity index (χ0v) is 13.7. The molecule has 0 spiro atoms. The van der Waals surface area contributed by atoms with Gasteiger partial charge in [-0.2, -0.15) is 13.2 Å². The third kappa shape index (κ3) is 4.05. The largest absolute Gasteiger partial charge is 0.391 e. The van der Waals surface area contributed by atoms with Gasteiger partial charge in [0, 0.05) is 22.2 Å². The molecule has 7 heteroatoms. The molecule has 3 N–H and O–H groups in total. The van der Waals surface area contributed by atoms with E-state index in [9.17, 15) is 13.2 Å². The van der Waals surface area contributed by atoms with Crippen molar-refractivity contribution in [1.29, 1.82) is 0 Å². The van der Waals surface area contributed by atoms with E-state index in [1.54, 1.807) is 12.1 Å². The molecule has 118 valence electrons. The summed E-state index contributed by atoms with van der Waals surface area (Å²) in [4.78, 5) is 0. The quantitative estimate of drug-likeness (QED) is 0.771. The molecule has 1 aromatic carbocycles. The first-order valence-electron chi connectivity index (χ1n) is 6.76.